The Balaban J connectivity index is 1.86. The number of benzene rings is 6. The molecule has 0 aliphatic rings. The van der Waals surface area contributed by atoms with Crippen molar-refractivity contribution in [1.82, 2.24) is 0 Å². The molecule has 0 aromatic heterocycles. The lowest BCUT2D eigenvalue weighted by Crippen LogP contribution is -1.94. The van der Waals surface area contributed by atoms with Crippen molar-refractivity contribution in [1.29, 1.82) is 0 Å². The Hall–Kier alpha value is -4.11. The minimum atomic E-state index is -0.912. The van der Waals surface area contributed by atoms with Crippen LogP contribution in [0.5, 0.6) is 0 Å². The van der Waals surface area contributed by atoms with Crippen LogP contribution in [0.4, 0.5) is 13.2 Å². The van der Waals surface area contributed by atoms with Crippen LogP contribution in [0.15, 0.2) is 103 Å². The topological polar surface area (TPSA) is 0 Å². The molecule has 0 amide bonds. The monoisotopic (exact) mass is 434 g/mol. The molecule has 6 rings (SSSR count). The Kier molecular flexibility index (Phi) is 4.44. The average Bonchev–Trinajstić information content (AvgIpc) is 2.84. The van der Waals surface area contributed by atoms with Crippen LogP contribution in [0.25, 0.3) is 54.6 Å². The van der Waals surface area contributed by atoms with Crippen LogP contribution in [0.2, 0.25) is 0 Å². The quantitative estimate of drug-likeness (QED) is 0.239. The van der Waals surface area contributed by atoms with Gasteiger partial charge in [-0.2, -0.15) is 0 Å². The summed E-state index contributed by atoms with van der Waals surface area (Å²) in [7, 11) is 0. The first-order valence-electron chi connectivity index (χ1n) is 10.7. The lowest BCUT2D eigenvalue weighted by molar-refractivity contribution is 0.511. The third-order valence-corrected chi connectivity index (χ3v) is 6.26. The zero-order chi connectivity index (χ0) is 22.5. The van der Waals surface area contributed by atoms with E-state index in [4.69, 9.17) is 0 Å². The molecule has 0 heterocycles. The Morgan fingerprint density at radius 3 is 1.67 bits per heavy atom. The van der Waals surface area contributed by atoms with Crippen LogP contribution >= 0.6 is 0 Å². The number of fused-ring (bicyclic) bond motifs is 3. The molecule has 3 heteroatoms. The molecule has 33 heavy (non-hydrogen) atoms. The second-order valence-electron chi connectivity index (χ2n) is 8.14. The molecular formula is C30H17F3. The van der Waals surface area contributed by atoms with E-state index in [1.54, 1.807) is 12.1 Å². The molecule has 0 radical (unpaired) electrons. The van der Waals surface area contributed by atoms with Crippen LogP contribution in [-0.4, -0.2) is 0 Å². The van der Waals surface area contributed by atoms with Gasteiger partial charge in [0.15, 0.2) is 11.6 Å². The Morgan fingerprint density at radius 1 is 0.424 bits per heavy atom. The summed E-state index contributed by atoms with van der Waals surface area (Å²) in [6.45, 7) is 0. The predicted molar refractivity (Wildman–Crippen MR) is 130 cm³/mol. The summed E-state index contributed by atoms with van der Waals surface area (Å²) >= 11 is 0. The van der Waals surface area contributed by atoms with Crippen molar-refractivity contribution in [3.05, 3.63) is 121 Å². The lowest BCUT2D eigenvalue weighted by atomic mass is 9.84. The fraction of sp³-hybridized carbons (Fsp3) is 0. The Bertz CT molecular complexity index is 1680. The number of hydrogen-bond donors (Lipinski definition) is 0. The second-order valence-corrected chi connectivity index (χ2v) is 8.14. The Morgan fingerprint density at radius 2 is 0.970 bits per heavy atom. The van der Waals surface area contributed by atoms with Crippen LogP contribution < -0.4 is 0 Å². The van der Waals surface area contributed by atoms with Crippen LogP contribution in [0.3, 0.4) is 0 Å². The summed E-state index contributed by atoms with van der Waals surface area (Å²) in [4.78, 5) is 0. The van der Waals surface area contributed by atoms with E-state index in [-0.39, 0.29) is 5.82 Å². The molecule has 0 N–H and O–H groups in total. The highest BCUT2D eigenvalue weighted by Crippen LogP contribution is 2.45. The van der Waals surface area contributed by atoms with E-state index in [0.29, 0.717) is 10.8 Å². The molecular weight excluding hydrogens is 417 g/mol. The maximum atomic E-state index is 14.6. The maximum Gasteiger partial charge on any atom is 0.159 e. The molecule has 0 spiro atoms. The van der Waals surface area contributed by atoms with Crippen molar-refractivity contribution in [2.45, 2.75) is 0 Å². The van der Waals surface area contributed by atoms with Crippen molar-refractivity contribution in [3.8, 4) is 22.3 Å². The second kappa shape index (κ2) is 7.49. The lowest BCUT2D eigenvalue weighted by Gasteiger charge is -2.19. The van der Waals surface area contributed by atoms with Crippen molar-refractivity contribution in [3.63, 3.8) is 0 Å². The fourth-order valence-electron chi connectivity index (χ4n) is 4.83. The molecule has 0 unspecified atom stereocenters. The van der Waals surface area contributed by atoms with Gasteiger partial charge in [-0.25, -0.2) is 13.2 Å². The highest BCUT2D eigenvalue weighted by molar-refractivity contribution is 6.23. The summed E-state index contributed by atoms with van der Waals surface area (Å²) in [6, 6.07) is 30.6. The molecule has 0 atom stereocenters. The number of halogens is 3. The van der Waals surface area contributed by atoms with E-state index in [0.717, 1.165) is 43.8 Å². The largest absolute Gasteiger partial charge is 0.207 e. The van der Waals surface area contributed by atoms with Crippen LogP contribution in [0, 0.1) is 17.5 Å². The fourth-order valence-corrected chi connectivity index (χ4v) is 4.83. The van der Waals surface area contributed by atoms with Gasteiger partial charge < -0.3 is 0 Å². The molecule has 6 aromatic rings. The molecule has 0 aliphatic carbocycles. The van der Waals surface area contributed by atoms with Gasteiger partial charge in [0.05, 0.1) is 0 Å². The number of rotatable bonds is 2. The minimum absolute atomic E-state index is 0.350. The van der Waals surface area contributed by atoms with E-state index in [1.807, 2.05) is 66.7 Å². The van der Waals surface area contributed by atoms with Crippen molar-refractivity contribution >= 4 is 32.3 Å². The first kappa shape index (κ1) is 19.6. The van der Waals surface area contributed by atoms with E-state index >= 15 is 0 Å². The molecule has 158 valence electrons. The molecule has 0 saturated carbocycles. The van der Waals surface area contributed by atoms with E-state index in [2.05, 4.69) is 0 Å². The van der Waals surface area contributed by atoms with Crippen molar-refractivity contribution < 1.29 is 13.2 Å². The van der Waals surface area contributed by atoms with Gasteiger partial charge in [0.1, 0.15) is 5.82 Å². The first-order valence-corrected chi connectivity index (χ1v) is 10.7. The molecule has 0 aliphatic heterocycles. The number of hydrogen-bond acceptors (Lipinski definition) is 0. The maximum absolute atomic E-state index is 14.6. The third kappa shape index (κ3) is 3.08. The van der Waals surface area contributed by atoms with E-state index < -0.39 is 11.6 Å². The van der Waals surface area contributed by atoms with Crippen molar-refractivity contribution in [2.75, 3.05) is 0 Å². The highest BCUT2D eigenvalue weighted by atomic mass is 19.2. The summed E-state index contributed by atoms with van der Waals surface area (Å²) in [5.74, 6) is -2.16. The smallest absolute Gasteiger partial charge is 0.159 e. The Labute approximate surface area is 188 Å². The summed E-state index contributed by atoms with van der Waals surface area (Å²) in [5.41, 5.74) is 3.30. The zero-order valence-electron chi connectivity index (χ0n) is 17.4. The predicted octanol–water partition coefficient (Wildman–Crippen LogP) is 8.90. The molecule has 0 fully saturated rings. The zero-order valence-corrected chi connectivity index (χ0v) is 17.4. The van der Waals surface area contributed by atoms with E-state index in [9.17, 15) is 13.2 Å². The van der Waals surface area contributed by atoms with Gasteiger partial charge >= 0.3 is 0 Å². The van der Waals surface area contributed by atoms with Gasteiger partial charge in [-0.3, -0.25) is 0 Å². The molecule has 6 aromatic carbocycles. The van der Waals surface area contributed by atoms with Gasteiger partial charge in [0.2, 0.25) is 0 Å². The minimum Gasteiger partial charge on any atom is -0.207 e. The van der Waals surface area contributed by atoms with Gasteiger partial charge in [-0.05, 0) is 78.8 Å². The molecule has 0 nitrogen and oxygen atoms in total. The highest BCUT2D eigenvalue weighted by Gasteiger charge is 2.20. The van der Waals surface area contributed by atoms with Crippen LogP contribution in [0.1, 0.15) is 0 Å². The summed E-state index contributed by atoms with van der Waals surface area (Å²) < 4.78 is 42.9. The molecule has 0 bridgehead atoms. The van der Waals surface area contributed by atoms with E-state index in [1.165, 1.54) is 24.3 Å². The first-order chi connectivity index (χ1) is 16.1. The normalized spacial score (nSPS) is 11.5. The average molecular weight is 434 g/mol. The summed E-state index contributed by atoms with van der Waals surface area (Å²) in [6.07, 6.45) is 0. The SMILES string of the molecule is Fc1ccc(-c2c3ccccc3c(-c3cccc4ccccc34)c3cc(F)c(F)cc23)cc1. The third-order valence-electron chi connectivity index (χ3n) is 6.26. The van der Waals surface area contributed by atoms with Gasteiger partial charge in [0, 0.05) is 0 Å². The van der Waals surface area contributed by atoms with Gasteiger partial charge in [0.25, 0.3) is 0 Å². The van der Waals surface area contributed by atoms with Crippen LogP contribution in [-0.2, 0) is 0 Å². The summed E-state index contributed by atoms with van der Waals surface area (Å²) in [5, 5.41) is 5.12. The standard InChI is InChI=1S/C30H17F3/c31-20-14-12-19(13-15-20)29-23-9-3-4-10-24(23)30(26-17-28(33)27(32)16-25(26)29)22-11-5-7-18-6-1-2-8-21(18)22/h1-17H. The van der Waals surface area contributed by atoms with Gasteiger partial charge in [-0.1, -0.05) is 78.9 Å². The van der Waals surface area contributed by atoms with Crippen molar-refractivity contribution in [2.24, 2.45) is 0 Å². The molecule has 0 saturated heterocycles. The van der Waals surface area contributed by atoms with Gasteiger partial charge in [-0.15, -0.1) is 0 Å².